The van der Waals surface area contributed by atoms with Gasteiger partial charge in [0.2, 0.25) is 0 Å². The summed E-state index contributed by atoms with van der Waals surface area (Å²) in [5, 5.41) is 3.53. The molecule has 0 radical (unpaired) electrons. The molecular weight excluding hydrogens is 222 g/mol. The lowest BCUT2D eigenvalue weighted by molar-refractivity contribution is -0.125. The summed E-state index contributed by atoms with van der Waals surface area (Å²) >= 11 is 0. The summed E-state index contributed by atoms with van der Waals surface area (Å²) in [7, 11) is 0. The SMILES string of the molecule is O=C1CC[C@@H]2CCCC[C@@]23c2ccccc2N[C@@H]13. The van der Waals surface area contributed by atoms with E-state index in [2.05, 4.69) is 29.6 Å². The predicted molar refractivity (Wildman–Crippen MR) is 71.7 cm³/mol. The molecule has 2 saturated carbocycles. The molecule has 3 aliphatic rings. The van der Waals surface area contributed by atoms with E-state index in [0.29, 0.717) is 11.7 Å². The number of fused-ring (bicyclic) bond motifs is 1. The van der Waals surface area contributed by atoms with Gasteiger partial charge in [0, 0.05) is 17.5 Å². The first-order chi connectivity index (χ1) is 8.82. The van der Waals surface area contributed by atoms with Crippen LogP contribution in [0.5, 0.6) is 0 Å². The molecule has 2 nitrogen and oxygen atoms in total. The van der Waals surface area contributed by atoms with Crippen LogP contribution in [0.3, 0.4) is 0 Å². The van der Waals surface area contributed by atoms with E-state index in [1.54, 1.807) is 0 Å². The molecule has 1 aliphatic heterocycles. The zero-order chi connectivity index (χ0) is 12.2. The number of ketones is 1. The minimum absolute atomic E-state index is 0.0638. The predicted octanol–water partition coefficient (Wildman–Crippen LogP) is 3.27. The fourth-order valence-electron chi connectivity index (χ4n) is 4.69. The Labute approximate surface area is 108 Å². The first kappa shape index (κ1) is 10.6. The first-order valence-corrected chi connectivity index (χ1v) is 7.21. The largest absolute Gasteiger partial charge is 0.374 e. The molecule has 2 heteroatoms. The molecule has 18 heavy (non-hydrogen) atoms. The van der Waals surface area contributed by atoms with Gasteiger partial charge < -0.3 is 5.32 Å². The Morgan fingerprint density at radius 1 is 1.17 bits per heavy atom. The Hall–Kier alpha value is -1.31. The molecule has 2 fully saturated rings. The Kier molecular flexibility index (Phi) is 2.12. The van der Waals surface area contributed by atoms with Gasteiger partial charge in [-0.25, -0.2) is 0 Å². The molecule has 1 heterocycles. The summed E-state index contributed by atoms with van der Waals surface area (Å²) in [6.07, 6.45) is 6.99. The van der Waals surface area contributed by atoms with Crippen molar-refractivity contribution in [1.82, 2.24) is 0 Å². The van der Waals surface area contributed by atoms with Crippen LogP contribution in [-0.2, 0) is 10.2 Å². The lowest BCUT2D eigenvalue weighted by atomic mass is 9.55. The van der Waals surface area contributed by atoms with E-state index < -0.39 is 0 Å². The van der Waals surface area contributed by atoms with Gasteiger partial charge in [0.15, 0.2) is 5.78 Å². The average molecular weight is 241 g/mol. The van der Waals surface area contributed by atoms with Gasteiger partial charge >= 0.3 is 0 Å². The van der Waals surface area contributed by atoms with Crippen molar-refractivity contribution in [2.75, 3.05) is 5.32 Å². The normalized spacial score (nSPS) is 37.4. The third-order valence-corrected chi connectivity index (χ3v) is 5.43. The molecule has 4 rings (SSSR count). The van der Waals surface area contributed by atoms with Crippen molar-refractivity contribution in [3.8, 4) is 0 Å². The maximum atomic E-state index is 12.3. The number of nitrogens with one attached hydrogen (secondary N) is 1. The Morgan fingerprint density at radius 2 is 2.06 bits per heavy atom. The van der Waals surface area contributed by atoms with Gasteiger partial charge in [-0.3, -0.25) is 4.79 Å². The zero-order valence-electron chi connectivity index (χ0n) is 10.6. The summed E-state index contributed by atoms with van der Waals surface area (Å²) in [4.78, 5) is 12.3. The Bertz CT molecular complexity index is 510. The highest BCUT2D eigenvalue weighted by Gasteiger charge is 2.57. The van der Waals surface area contributed by atoms with Gasteiger partial charge in [-0.1, -0.05) is 31.0 Å². The summed E-state index contributed by atoms with van der Waals surface area (Å²) in [6.45, 7) is 0. The van der Waals surface area contributed by atoms with Crippen LogP contribution >= 0.6 is 0 Å². The van der Waals surface area contributed by atoms with Crippen LogP contribution in [0.25, 0.3) is 0 Å². The van der Waals surface area contributed by atoms with Crippen LogP contribution in [0.15, 0.2) is 24.3 Å². The van der Waals surface area contributed by atoms with Crippen LogP contribution < -0.4 is 5.32 Å². The lowest BCUT2D eigenvalue weighted by Crippen LogP contribution is -2.54. The number of benzene rings is 1. The van der Waals surface area contributed by atoms with Crippen LogP contribution in [0.4, 0.5) is 5.69 Å². The highest BCUT2D eigenvalue weighted by atomic mass is 16.1. The number of para-hydroxylation sites is 1. The minimum atomic E-state index is 0.0638. The number of hydrogen-bond acceptors (Lipinski definition) is 2. The molecule has 1 spiro atoms. The van der Waals surface area contributed by atoms with E-state index in [9.17, 15) is 4.79 Å². The van der Waals surface area contributed by atoms with Crippen molar-refractivity contribution in [2.24, 2.45) is 5.92 Å². The summed E-state index contributed by atoms with van der Waals surface area (Å²) in [5.74, 6) is 1.15. The maximum absolute atomic E-state index is 12.3. The van der Waals surface area contributed by atoms with E-state index in [1.165, 1.54) is 36.9 Å². The van der Waals surface area contributed by atoms with E-state index in [0.717, 1.165) is 12.8 Å². The van der Waals surface area contributed by atoms with E-state index in [4.69, 9.17) is 0 Å². The van der Waals surface area contributed by atoms with Gasteiger partial charge in [-0.05, 0) is 36.8 Å². The average Bonchev–Trinajstić information content (AvgIpc) is 2.75. The fourth-order valence-corrected chi connectivity index (χ4v) is 4.69. The molecule has 0 saturated heterocycles. The van der Waals surface area contributed by atoms with Crippen LogP contribution in [0.2, 0.25) is 0 Å². The van der Waals surface area contributed by atoms with Crippen LogP contribution in [0, 0.1) is 5.92 Å². The van der Waals surface area contributed by atoms with Gasteiger partial charge in [-0.2, -0.15) is 0 Å². The van der Waals surface area contributed by atoms with Crippen molar-refractivity contribution in [1.29, 1.82) is 0 Å². The Balaban J connectivity index is 1.91. The first-order valence-electron chi connectivity index (χ1n) is 7.21. The molecule has 0 amide bonds. The number of carbonyl (C=O) groups is 1. The molecule has 1 aromatic rings. The topological polar surface area (TPSA) is 29.1 Å². The molecule has 0 unspecified atom stereocenters. The Morgan fingerprint density at radius 3 is 3.00 bits per heavy atom. The van der Waals surface area contributed by atoms with Crippen LogP contribution in [-0.4, -0.2) is 11.8 Å². The fraction of sp³-hybridized carbons (Fsp3) is 0.562. The van der Waals surface area contributed by atoms with Gasteiger partial charge in [-0.15, -0.1) is 0 Å². The minimum Gasteiger partial charge on any atom is -0.374 e. The van der Waals surface area contributed by atoms with Crippen molar-refractivity contribution >= 4 is 11.5 Å². The summed E-state index contributed by atoms with van der Waals surface area (Å²) in [5.41, 5.74) is 2.77. The summed E-state index contributed by atoms with van der Waals surface area (Å²) < 4.78 is 0. The second kappa shape index (κ2) is 3.59. The van der Waals surface area contributed by atoms with Gasteiger partial charge in [0.05, 0.1) is 6.04 Å². The monoisotopic (exact) mass is 241 g/mol. The summed E-state index contributed by atoms with van der Waals surface area (Å²) in [6, 6.07) is 8.65. The molecule has 1 aromatic carbocycles. The van der Waals surface area contributed by atoms with Crippen molar-refractivity contribution in [2.45, 2.75) is 50.0 Å². The van der Waals surface area contributed by atoms with E-state index in [-0.39, 0.29) is 11.5 Å². The number of rotatable bonds is 0. The molecule has 0 bridgehead atoms. The number of carbonyl (C=O) groups excluding carboxylic acids is 1. The number of Topliss-reactive ketones (excluding diaryl/α,β-unsaturated/α-hetero) is 1. The highest BCUT2D eigenvalue weighted by molar-refractivity contribution is 5.93. The lowest BCUT2D eigenvalue weighted by Gasteiger charge is -2.48. The molecular formula is C16H19NO. The third-order valence-electron chi connectivity index (χ3n) is 5.43. The van der Waals surface area contributed by atoms with Gasteiger partial charge in [0.1, 0.15) is 0 Å². The number of anilines is 1. The van der Waals surface area contributed by atoms with E-state index in [1.807, 2.05) is 0 Å². The van der Waals surface area contributed by atoms with Gasteiger partial charge in [0.25, 0.3) is 0 Å². The quantitative estimate of drug-likeness (QED) is 0.755. The second-order valence-corrected chi connectivity index (χ2v) is 6.11. The number of hydrogen-bond donors (Lipinski definition) is 1. The molecule has 0 aromatic heterocycles. The highest BCUT2D eigenvalue weighted by Crippen LogP contribution is 2.56. The standard InChI is InChI=1S/C16H19NO/c18-14-9-8-11-5-3-4-10-16(11)12-6-1-2-7-13(12)17-15(14)16/h1-2,6-7,11,15,17H,3-5,8-10H2/t11-,15-,16-/m0/s1. The van der Waals surface area contributed by atoms with Crippen LogP contribution in [0.1, 0.15) is 44.1 Å². The second-order valence-electron chi connectivity index (χ2n) is 6.11. The van der Waals surface area contributed by atoms with Crippen molar-refractivity contribution in [3.05, 3.63) is 29.8 Å². The van der Waals surface area contributed by atoms with E-state index >= 15 is 0 Å². The smallest absolute Gasteiger partial charge is 0.155 e. The molecule has 3 atom stereocenters. The zero-order valence-corrected chi connectivity index (χ0v) is 10.6. The maximum Gasteiger partial charge on any atom is 0.155 e. The van der Waals surface area contributed by atoms with Crippen molar-refractivity contribution < 1.29 is 4.79 Å². The molecule has 94 valence electrons. The third kappa shape index (κ3) is 1.16. The molecule has 1 N–H and O–H groups in total. The van der Waals surface area contributed by atoms with Crippen molar-refractivity contribution in [3.63, 3.8) is 0 Å². The molecule has 2 aliphatic carbocycles.